The molecule has 8 heteroatoms. The summed E-state index contributed by atoms with van der Waals surface area (Å²) < 4.78 is 10.5. The van der Waals surface area contributed by atoms with Gasteiger partial charge in [0.15, 0.2) is 0 Å². The first kappa shape index (κ1) is 19.2. The summed E-state index contributed by atoms with van der Waals surface area (Å²) in [5.41, 5.74) is 1.81. The number of hydrogen-bond donors (Lipinski definition) is 1. The summed E-state index contributed by atoms with van der Waals surface area (Å²) in [4.78, 5) is 28.8. The standard InChI is InChI=1S/C19H23N3O4S/c1-21(19(24)18-16(25-2)7-12-27-18)13-17(23)20-14-3-5-15(6-4-14)22-8-10-26-11-9-22/h3-7,12H,8-11,13H2,1-2H3,(H,20,23). The van der Waals surface area contributed by atoms with Gasteiger partial charge in [-0.15, -0.1) is 11.3 Å². The first-order chi connectivity index (χ1) is 13.1. The number of likely N-dealkylation sites (N-methyl/N-ethyl adjacent to an activating group) is 1. The second-order valence-electron chi connectivity index (χ2n) is 6.17. The molecule has 1 aromatic heterocycles. The second-order valence-corrected chi connectivity index (χ2v) is 7.09. The smallest absolute Gasteiger partial charge is 0.267 e. The summed E-state index contributed by atoms with van der Waals surface area (Å²) in [7, 11) is 3.12. The van der Waals surface area contributed by atoms with Crippen LogP contribution in [-0.4, -0.2) is 63.7 Å². The van der Waals surface area contributed by atoms with Crippen LogP contribution in [0.2, 0.25) is 0 Å². The highest BCUT2D eigenvalue weighted by atomic mass is 32.1. The van der Waals surface area contributed by atoms with Gasteiger partial charge in [-0.2, -0.15) is 0 Å². The topological polar surface area (TPSA) is 71.1 Å². The number of thiophene rings is 1. The minimum atomic E-state index is -0.250. The molecule has 7 nitrogen and oxygen atoms in total. The third kappa shape index (κ3) is 4.78. The molecular weight excluding hydrogens is 366 g/mol. The van der Waals surface area contributed by atoms with Crippen LogP contribution in [-0.2, 0) is 9.53 Å². The van der Waals surface area contributed by atoms with E-state index in [1.807, 2.05) is 24.3 Å². The number of anilines is 2. The minimum absolute atomic E-state index is 0.0366. The molecule has 27 heavy (non-hydrogen) atoms. The highest BCUT2D eigenvalue weighted by Gasteiger charge is 2.20. The summed E-state index contributed by atoms with van der Waals surface area (Å²) in [6.07, 6.45) is 0. The molecule has 1 aliphatic rings. The van der Waals surface area contributed by atoms with Crippen molar-refractivity contribution in [1.82, 2.24) is 4.90 Å². The molecule has 1 saturated heterocycles. The molecule has 144 valence electrons. The lowest BCUT2D eigenvalue weighted by Gasteiger charge is -2.28. The fourth-order valence-corrected chi connectivity index (χ4v) is 3.70. The van der Waals surface area contributed by atoms with Crippen molar-refractivity contribution in [3.8, 4) is 5.75 Å². The van der Waals surface area contributed by atoms with Crippen molar-refractivity contribution in [3.05, 3.63) is 40.6 Å². The SMILES string of the molecule is COc1ccsc1C(=O)N(C)CC(=O)Nc1ccc(N2CCOCC2)cc1. The van der Waals surface area contributed by atoms with Crippen LogP contribution < -0.4 is 15.0 Å². The third-order valence-electron chi connectivity index (χ3n) is 4.30. The van der Waals surface area contributed by atoms with Crippen LogP contribution >= 0.6 is 11.3 Å². The first-order valence-electron chi connectivity index (χ1n) is 8.68. The van der Waals surface area contributed by atoms with Crippen molar-refractivity contribution in [3.63, 3.8) is 0 Å². The zero-order valence-electron chi connectivity index (χ0n) is 15.4. The van der Waals surface area contributed by atoms with E-state index < -0.39 is 0 Å². The number of rotatable bonds is 6. The Morgan fingerprint density at radius 2 is 1.93 bits per heavy atom. The lowest BCUT2D eigenvalue weighted by molar-refractivity contribution is -0.116. The average molecular weight is 389 g/mol. The zero-order chi connectivity index (χ0) is 19.2. The number of benzene rings is 1. The van der Waals surface area contributed by atoms with E-state index in [9.17, 15) is 9.59 Å². The number of nitrogens with one attached hydrogen (secondary N) is 1. The first-order valence-corrected chi connectivity index (χ1v) is 9.56. The van der Waals surface area contributed by atoms with Gasteiger partial charge in [-0.1, -0.05) is 0 Å². The molecule has 0 aliphatic carbocycles. The number of morpholine rings is 1. The van der Waals surface area contributed by atoms with Crippen LogP contribution in [0.4, 0.5) is 11.4 Å². The monoisotopic (exact) mass is 389 g/mol. The third-order valence-corrected chi connectivity index (χ3v) is 5.18. The van der Waals surface area contributed by atoms with E-state index in [1.165, 1.54) is 23.3 Å². The van der Waals surface area contributed by atoms with Gasteiger partial charge in [0, 0.05) is 31.5 Å². The molecule has 2 aromatic rings. The highest BCUT2D eigenvalue weighted by molar-refractivity contribution is 7.12. The summed E-state index contributed by atoms with van der Waals surface area (Å²) in [6, 6.07) is 9.43. The summed E-state index contributed by atoms with van der Waals surface area (Å²) in [6.45, 7) is 3.16. The van der Waals surface area contributed by atoms with Crippen molar-refractivity contribution in [2.45, 2.75) is 0 Å². The molecule has 1 aromatic carbocycles. The Morgan fingerprint density at radius 3 is 2.59 bits per heavy atom. The second kappa shape index (κ2) is 8.88. The predicted molar refractivity (Wildman–Crippen MR) is 106 cm³/mol. The van der Waals surface area contributed by atoms with Gasteiger partial charge >= 0.3 is 0 Å². The Kier molecular flexibility index (Phi) is 6.31. The lowest BCUT2D eigenvalue weighted by Crippen LogP contribution is -2.36. The molecule has 0 spiro atoms. The van der Waals surface area contributed by atoms with Gasteiger partial charge in [0.1, 0.15) is 10.6 Å². The van der Waals surface area contributed by atoms with Gasteiger partial charge in [0.2, 0.25) is 5.91 Å². The Bertz CT molecular complexity index is 785. The van der Waals surface area contributed by atoms with E-state index in [4.69, 9.17) is 9.47 Å². The van der Waals surface area contributed by atoms with E-state index >= 15 is 0 Å². The number of carbonyl (C=O) groups is 2. The number of amides is 2. The van der Waals surface area contributed by atoms with E-state index in [0.29, 0.717) is 16.3 Å². The molecule has 1 N–H and O–H groups in total. The van der Waals surface area contributed by atoms with Crippen LogP contribution in [0.5, 0.6) is 5.75 Å². The van der Waals surface area contributed by atoms with Crippen molar-refractivity contribution in [2.75, 3.05) is 57.2 Å². The Hall–Kier alpha value is -2.58. The van der Waals surface area contributed by atoms with Gasteiger partial charge in [0.25, 0.3) is 5.91 Å². The van der Waals surface area contributed by atoms with Gasteiger partial charge < -0.3 is 24.6 Å². The molecule has 0 radical (unpaired) electrons. The van der Waals surface area contributed by atoms with Gasteiger partial charge in [0.05, 0.1) is 26.9 Å². The van der Waals surface area contributed by atoms with E-state index in [0.717, 1.165) is 32.0 Å². The highest BCUT2D eigenvalue weighted by Crippen LogP contribution is 2.25. The summed E-state index contributed by atoms with van der Waals surface area (Å²) in [5, 5.41) is 4.62. The molecule has 0 atom stereocenters. The van der Waals surface area contributed by atoms with Crippen molar-refractivity contribution < 1.29 is 19.1 Å². The maximum atomic E-state index is 12.5. The van der Waals surface area contributed by atoms with E-state index in [-0.39, 0.29) is 18.4 Å². The quantitative estimate of drug-likeness (QED) is 0.821. The number of ether oxygens (including phenoxy) is 2. The zero-order valence-corrected chi connectivity index (χ0v) is 16.3. The number of methoxy groups -OCH3 is 1. The lowest BCUT2D eigenvalue weighted by atomic mass is 10.2. The molecule has 2 amide bonds. The van der Waals surface area contributed by atoms with Gasteiger partial charge in [-0.3, -0.25) is 9.59 Å². The molecule has 2 heterocycles. The molecule has 0 saturated carbocycles. The van der Waals surface area contributed by atoms with Crippen molar-refractivity contribution in [1.29, 1.82) is 0 Å². The number of hydrogen-bond acceptors (Lipinski definition) is 6. The molecule has 1 fully saturated rings. The van der Waals surface area contributed by atoms with Gasteiger partial charge in [-0.05, 0) is 35.7 Å². The van der Waals surface area contributed by atoms with Crippen LogP contribution in [0, 0.1) is 0 Å². The maximum absolute atomic E-state index is 12.5. The Balaban J connectivity index is 1.54. The average Bonchev–Trinajstić information content (AvgIpc) is 3.17. The molecule has 3 rings (SSSR count). The number of nitrogens with zero attached hydrogens (tertiary/aromatic N) is 2. The normalized spacial score (nSPS) is 13.9. The molecule has 0 unspecified atom stereocenters. The van der Waals surface area contributed by atoms with Crippen molar-refractivity contribution in [2.24, 2.45) is 0 Å². The maximum Gasteiger partial charge on any atom is 0.267 e. The van der Waals surface area contributed by atoms with Gasteiger partial charge in [-0.25, -0.2) is 0 Å². The molecular formula is C19H23N3O4S. The minimum Gasteiger partial charge on any atom is -0.495 e. The Labute approximate surface area is 162 Å². The van der Waals surface area contributed by atoms with Crippen LogP contribution in [0.3, 0.4) is 0 Å². The predicted octanol–water partition coefficient (Wildman–Crippen LogP) is 2.30. The van der Waals surface area contributed by atoms with Crippen LogP contribution in [0.25, 0.3) is 0 Å². The van der Waals surface area contributed by atoms with E-state index in [2.05, 4.69) is 10.2 Å². The van der Waals surface area contributed by atoms with Crippen LogP contribution in [0.1, 0.15) is 9.67 Å². The summed E-state index contributed by atoms with van der Waals surface area (Å²) >= 11 is 1.30. The molecule has 0 bridgehead atoms. The molecule has 1 aliphatic heterocycles. The fraction of sp³-hybridized carbons (Fsp3) is 0.368. The largest absolute Gasteiger partial charge is 0.495 e. The summed E-state index contributed by atoms with van der Waals surface area (Å²) in [5.74, 6) is 0.0381. The number of carbonyl (C=O) groups excluding carboxylic acids is 2. The fourth-order valence-electron chi connectivity index (χ4n) is 2.85. The van der Waals surface area contributed by atoms with Crippen molar-refractivity contribution >= 4 is 34.5 Å². The van der Waals surface area contributed by atoms with Crippen LogP contribution in [0.15, 0.2) is 35.7 Å². The Morgan fingerprint density at radius 1 is 1.22 bits per heavy atom. The van der Waals surface area contributed by atoms with E-state index in [1.54, 1.807) is 18.5 Å².